The van der Waals surface area contributed by atoms with Crippen molar-refractivity contribution >= 4 is 25.0 Å². The molecule has 38 valence electrons. The molecule has 0 radical (unpaired) electrons. The van der Waals surface area contributed by atoms with Crippen molar-refractivity contribution in [3.63, 3.8) is 0 Å². The average molecular weight is 98.0 g/mol. The second-order valence-corrected chi connectivity index (χ2v) is 0.283. The van der Waals surface area contributed by atoms with Crippen LogP contribution >= 0.6 is 0 Å². The Morgan fingerprint density at radius 2 is 1.29 bits per heavy atom. The number of carboxylic acid groups (broad SMARTS) is 2. The van der Waals surface area contributed by atoms with E-state index in [1.807, 2.05) is 0 Å². The maximum absolute atomic E-state index is 8.56. The number of hydrogen-bond donors (Lipinski definition) is 2. The fourth-order valence-corrected chi connectivity index (χ4v) is 0. The third-order valence-electron chi connectivity index (χ3n) is 0. The van der Waals surface area contributed by atoms with Crippen LogP contribution < -0.4 is 0 Å². The SMILES string of the molecule is C=C.O=C(O)O.[LiH]. The molecule has 7 heavy (non-hydrogen) atoms. The first-order valence-corrected chi connectivity index (χ1v) is 1.15. The predicted octanol–water partition coefficient (Wildman–Crippen LogP) is 0.376. The van der Waals surface area contributed by atoms with E-state index in [9.17, 15) is 0 Å². The zero-order valence-corrected chi connectivity index (χ0v) is 3.22. The molecule has 0 heterocycles. The molecular weight excluding hydrogens is 91.0 g/mol. The Morgan fingerprint density at radius 1 is 1.29 bits per heavy atom. The van der Waals surface area contributed by atoms with Crippen molar-refractivity contribution in [2.24, 2.45) is 0 Å². The van der Waals surface area contributed by atoms with Gasteiger partial charge in [0.2, 0.25) is 0 Å². The average Bonchev–Trinajstić information content (AvgIpc) is 1.41. The standard InChI is InChI=1S/C2H4.CH2O3.Li.H/c1-2;2-1(3)4;;/h1-2H2;(H2,2,3,4);;. The second kappa shape index (κ2) is 17.5. The molecule has 0 aliphatic rings. The van der Waals surface area contributed by atoms with Crippen LogP contribution in [0.15, 0.2) is 13.2 Å². The molecule has 0 aliphatic heterocycles. The minimum absolute atomic E-state index is 0. The normalized spacial score (nSPS) is 4.00. The summed E-state index contributed by atoms with van der Waals surface area (Å²) in [5, 5.41) is 13.9. The molecule has 0 amide bonds. The van der Waals surface area contributed by atoms with Crippen LogP contribution in [0.4, 0.5) is 4.79 Å². The third-order valence-corrected chi connectivity index (χ3v) is 0. The first kappa shape index (κ1) is 16.0. The van der Waals surface area contributed by atoms with Crippen molar-refractivity contribution < 1.29 is 15.0 Å². The van der Waals surface area contributed by atoms with Gasteiger partial charge in [-0.25, -0.2) is 4.79 Å². The van der Waals surface area contributed by atoms with Crippen molar-refractivity contribution in [2.45, 2.75) is 0 Å². The van der Waals surface area contributed by atoms with E-state index in [0.29, 0.717) is 0 Å². The van der Waals surface area contributed by atoms with Gasteiger partial charge in [0, 0.05) is 0 Å². The quantitative estimate of drug-likeness (QED) is 0.340. The molecule has 3 nitrogen and oxygen atoms in total. The predicted molar refractivity (Wildman–Crippen MR) is 29.1 cm³/mol. The molecule has 0 aliphatic carbocycles. The molecule has 0 saturated heterocycles. The van der Waals surface area contributed by atoms with Gasteiger partial charge < -0.3 is 10.2 Å². The van der Waals surface area contributed by atoms with Gasteiger partial charge in [-0.3, -0.25) is 0 Å². The summed E-state index contributed by atoms with van der Waals surface area (Å²) in [6, 6.07) is 0. The van der Waals surface area contributed by atoms with E-state index < -0.39 is 6.16 Å². The van der Waals surface area contributed by atoms with E-state index in [-0.39, 0.29) is 18.9 Å². The van der Waals surface area contributed by atoms with E-state index in [1.165, 1.54) is 0 Å². The summed E-state index contributed by atoms with van der Waals surface area (Å²) in [5.41, 5.74) is 0. The first-order valence-electron chi connectivity index (χ1n) is 1.15. The molecule has 0 bridgehead atoms. The van der Waals surface area contributed by atoms with Crippen molar-refractivity contribution in [3.05, 3.63) is 13.2 Å². The van der Waals surface area contributed by atoms with Crippen LogP contribution in [0.25, 0.3) is 0 Å². The zero-order chi connectivity index (χ0) is 5.58. The van der Waals surface area contributed by atoms with E-state index in [4.69, 9.17) is 15.0 Å². The van der Waals surface area contributed by atoms with Gasteiger partial charge in [0.1, 0.15) is 0 Å². The molecule has 2 N–H and O–H groups in total. The molecule has 0 rings (SSSR count). The van der Waals surface area contributed by atoms with Crippen LogP contribution in [0, 0.1) is 0 Å². The zero-order valence-electron chi connectivity index (χ0n) is 3.22. The third kappa shape index (κ3) is 473. The molecule has 0 atom stereocenters. The van der Waals surface area contributed by atoms with Crippen molar-refractivity contribution in [2.75, 3.05) is 0 Å². The van der Waals surface area contributed by atoms with Gasteiger partial charge in [-0.2, -0.15) is 0 Å². The number of rotatable bonds is 0. The minimum atomic E-state index is -1.83. The fourth-order valence-electron chi connectivity index (χ4n) is 0. The van der Waals surface area contributed by atoms with Gasteiger partial charge in [0.05, 0.1) is 0 Å². The molecule has 0 aromatic heterocycles. The van der Waals surface area contributed by atoms with Gasteiger partial charge >= 0.3 is 25.0 Å². The van der Waals surface area contributed by atoms with Gasteiger partial charge in [-0.15, -0.1) is 13.2 Å². The summed E-state index contributed by atoms with van der Waals surface area (Å²) in [6.07, 6.45) is -1.83. The van der Waals surface area contributed by atoms with Crippen LogP contribution in [0.2, 0.25) is 0 Å². The maximum atomic E-state index is 8.56. The molecule has 0 saturated carbocycles. The van der Waals surface area contributed by atoms with E-state index in [1.54, 1.807) is 0 Å². The fraction of sp³-hybridized carbons (Fsp3) is 0. The summed E-state index contributed by atoms with van der Waals surface area (Å²) in [5.74, 6) is 0. The molecule has 4 heteroatoms. The van der Waals surface area contributed by atoms with Gasteiger partial charge in [-0.1, -0.05) is 0 Å². The summed E-state index contributed by atoms with van der Waals surface area (Å²) >= 11 is 0. The van der Waals surface area contributed by atoms with Crippen LogP contribution in [0.5, 0.6) is 0 Å². The Morgan fingerprint density at radius 3 is 1.29 bits per heavy atom. The topological polar surface area (TPSA) is 57.5 Å². The Labute approximate surface area is 53.8 Å². The van der Waals surface area contributed by atoms with Crippen LogP contribution in [-0.2, 0) is 0 Å². The number of hydrogen-bond acceptors (Lipinski definition) is 1. The molecule has 0 aromatic carbocycles. The van der Waals surface area contributed by atoms with Crippen LogP contribution in [0.1, 0.15) is 0 Å². The summed E-state index contributed by atoms with van der Waals surface area (Å²) in [7, 11) is 0. The van der Waals surface area contributed by atoms with Gasteiger partial charge in [-0.05, 0) is 0 Å². The van der Waals surface area contributed by atoms with E-state index in [0.717, 1.165) is 0 Å². The second-order valence-electron chi connectivity index (χ2n) is 0.283. The monoisotopic (exact) mass is 98.1 g/mol. The molecule has 0 unspecified atom stereocenters. The Bertz CT molecular complexity index is 41.4. The van der Waals surface area contributed by atoms with Crippen molar-refractivity contribution in [1.29, 1.82) is 0 Å². The van der Waals surface area contributed by atoms with Crippen molar-refractivity contribution in [3.8, 4) is 0 Å². The molecule has 0 aromatic rings. The first-order chi connectivity index (χ1) is 2.73. The Kier molecular flexibility index (Phi) is 39.9. The summed E-state index contributed by atoms with van der Waals surface area (Å²) in [6.45, 7) is 6.00. The summed E-state index contributed by atoms with van der Waals surface area (Å²) < 4.78 is 0. The van der Waals surface area contributed by atoms with Crippen molar-refractivity contribution in [1.82, 2.24) is 0 Å². The summed E-state index contributed by atoms with van der Waals surface area (Å²) in [4.78, 5) is 8.56. The number of carbonyl (C=O) groups is 1. The van der Waals surface area contributed by atoms with Crippen LogP contribution in [-0.4, -0.2) is 35.2 Å². The Balaban J connectivity index is -0.0000000480. The molecule has 0 spiro atoms. The van der Waals surface area contributed by atoms with E-state index in [2.05, 4.69) is 13.2 Å². The van der Waals surface area contributed by atoms with Gasteiger partial charge in [0.15, 0.2) is 0 Å². The van der Waals surface area contributed by atoms with Gasteiger partial charge in [0.25, 0.3) is 0 Å². The molecule has 0 fully saturated rings. The van der Waals surface area contributed by atoms with Crippen LogP contribution in [0.3, 0.4) is 0 Å². The van der Waals surface area contributed by atoms with E-state index >= 15 is 0 Å². The molecular formula is C3H7LiO3. The Hall–Kier alpha value is -0.393.